The lowest BCUT2D eigenvalue weighted by molar-refractivity contribution is -0.112. The Kier molecular flexibility index (Phi) is 6.29. The zero-order chi connectivity index (χ0) is 21.7. The zero-order valence-corrected chi connectivity index (χ0v) is 19.6. The summed E-state index contributed by atoms with van der Waals surface area (Å²) in [4.78, 5) is 0. The first kappa shape index (κ1) is 22.6. The second-order valence-corrected chi connectivity index (χ2v) is 11.8. The predicted molar refractivity (Wildman–Crippen MR) is 122 cm³/mol. The van der Waals surface area contributed by atoms with Crippen molar-refractivity contribution in [2.45, 2.75) is 91.3 Å². The number of hydrogen-bond donors (Lipinski definition) is 3. The van der Waals surface area contributed by atoms with Gasteiger partial charge < -0.3 is 15.3 Å². The zero-order valence-electron chi connectivity index (χ0n) is 19.6. The van der Waals surface area contributed by atoms with Gasteiger partial charge in [-0.1, -0.05) is 51.5 Å². The molecule has 0 aromatic carbocycles. The van der Waals surface area contributed by atoms with E-state index in [1.54, 1.807) is 0 Å². The van der Waals surface area contributed by atoms with Crippen LogP contribution in [0.25, 0.3) is 0 Å². The van der Waals surface area contributed by atoms with E-state index in [1.807, 2.05) is 6.08 Å². The molecule has 9 atom stereocenters. The Balaban J connectivity index is 1.60. The van der Waals surface area contributed by atoms with Crippen molar-refractivity contribution in [3.05, 3.63) is 23.8 Å². The van der Waals surface area contributed by atoms with Gasteiger partial charge in [-0.2, -0.15) is 0 Å². The van der Waals surface area contributed by atoms with Gasteiger partial charge in [0.2, 0.25) is 0 Å². The molecule has 0 aromatic rings. The van der Waals surface area contributed by atoms with Gasteiger partial charge in [-0.3, -0.25) is 0 Å². The maximum atomic E-state index is 11.3. The summed E-state index contributed by atoms with van der Waals surface area (Å²) in [6.45, 7) is 9.61. The third-order valence-corrected chi connectivity index (χ3v) is 9.86. The number of aliphatic hydroxyl groups is 3. The van der Waals surface area contributed by atoms with Gasteiger partial charge >= 0.3 is 0 Å². The van der Waals surface area contributed by atoms with Crippen molar-refractivity contribution in [2.75, 3.05) is 6.61 Å². The molecule has 3 fully saturated rings. The Morgan fingerprint density at radius 2 is 1.83 bits per heavy atom. The Morgan fingerprint density at radius 1 is 1.07 bits per heavy atom. The Morgan fingerprint density at radius 3 is 2.53 bits per heavy atom. The van der Waals surface area contributed by atoms with Crippen LogP contribution in [0.15, 0.2) is 23.8 Å². The molecule has 4 aliphatic carbocycles. The highest BCUT2D eigenvalue weighted by molar-refractivity contribution is 5.29. The van der Waals surface area contributed by atoms with Crippen LogP contribution in [0.1, 0.15) is 79.1 Å². The summed E-state index contributed by atoms with van der Waals surface area (Å²) in [7, 11) is 0. The first-order valence-corrected chi connectivity index (χ1v) is 12.6. The molecule has 3 heteroatoms. The van der Waals surface area contributed by atoms with Gasteiger partial charge in [0.05, 0.1) is 18.8 Å². The number of rotatable bonds is 5. The van der Waals surface area contributed by atoms with E-state index in [0.29, 0.717) is 36.0 Å². The quantitative estimate of drug-likeness (QED) is 0.546. The van der Waals surface area contributed by atoms with Gasteiger partial charge in [-0.25, -0.2) is 0 Å². The maximum Gasteiger partial charge on any atom is 0.0757 e. The topological polar surface area (TPSA) is 60.7 Å². The average Bonchev–Trinajstić information content (AvgIpc) is 3.04. The third kappa shape index (κ3) is 3.53. The minimum absolute atomic E-state index is 0.167. The molecule has 0 radical (unpaired) electrons. The lowest BCUT2D eigenvalue weighted by atomic mass is 9.46. The number of allylic oxidation sites excluding steroid dienone is 2. The summed E-state index contributed by atoms with van der Waals surface area (Å²) >= 11 is 0. The van der Waals surface area contributed by atoms with E-state index in [4.69, 9.17) is 0 Å². The fourth-order valence-electron chi connectivity index (χ4n) is 8.34. The summed E-state index contributed by atoms with van der Waals surface area (Å²) in [5.41, 5.74) is 1.21. The van der Waals surface area contributed by atoms with Crippen molar-refractivity contribution in [1.82, 2.24) is 0 Å². The largest absolute Gasteiger partial charge is 0.395 e. The second-order valence-electron chi connectivity index (χ2n) is 11.8. The van der Waals surface area contributed by atoms with Gasteiger partial charge in [0.25, 0.3) is 0 Å². The SMILES string of the molecule is CC(C)C/C=C/C(C)[C@H]1CCC2C3[C@@H](O)C=C4C[C@@H](O)CC[C@]4(CO)[C@H]3CC[C@@]21C. The molecular weight excluding hydrogens is 372 g/mol. The lowest BCUT2D eigenvalue weighted by Gasteiger charge is -2.59. The van der Waals surface area contributed by atoms with Crippen LogP contribution in [0.2, 0.25) is 0 Å². The highest BCUT2D eigenvalue weighted by atomic mass is 16.3. The average molecular weight is 417 g/mol. The Hall–Kier alpha value is -0.640. The third-order valence-electron chi connectivity index (χ3n) is 9.86. The summed E-state index contributed by atoms with van der Waals surface area (Å²) in [5.74, 6) is 3.12. The summed E-state index contributed by atoms with van der Waals surface area (Å²) < 4.78 is 0. The predicted octanol–water partition coefficient (Wildman–Crippen LogP) is 5.11. The first-order valence-electron chi connectivity index (χ1n) is 12.6. The molecule has 3 nitrogen and oxygen atoms in total. The minimum atomic E-state index is -0.426. The van der Waals surface area contributed by atoms with Crippen molar-refractivity contribution < 1.29 is 15.3 Å². The minimum Gasteiger partial charge on any atom is -0.395 e. The highest BCUT2D eigenvalue weighted by Gasteiger charge is 2.62. The summed E-state index contributed by atoms with van der Waals surface area (Å²) in [6, 6.07) is 0. The number of hydrogen-bond acceptors (Lipinski definition) is 3. The van der Waals surface area contributed by atoms with E-state index in [9.17, 15) is 15.3 Å². The van der Waals surface area contributed by atoms with Crippen LogP contribution >= 0.6 is 0 Å². The summed E-state index contributed by atoms with van der Waals surface area (Å²) in [6.07, 6.45) is 14.3. The van der Waals surface area contributed by atoms with Crippen molar-refractivity contribution in [1.29, 1.82) is 0 Å². The van der Waals surface area contributed by atoms with E-state index >= 15 is 0 Å². The first-order chi connectivity index (χ1) is 14.2. The van der Waals surface area contributed by atoms with Crippen LogP contribution in [0.4, 0.5) is 0 Å². The number of fused-ring (bicyclic) bond motifs is 5. The number of aliphatic hydroxyl groups excluding tert-OH is 3. The van der Waals surface area contributed by atoms with Crippen LogP contribution in [-0.2, 0) is 0 Å². The van der Waals surface area contributed by atoms with Gasteiger partial charge in [0.1, 0.15) is 0 Å². The normalized spacial score (nSPS) is 47.0. The molecule has 170 valence electrons. The van der Waals surface area contributed by atoms with Crippen LogP contribution in [0, 0.1) is 46.3 Å². The standard InChI is InChI=1S/C27H44O3/c1-17(2)6-5-7-18(3)21-8-9-22-25-23(11-12-26(21,22)4)27(16-28)13-10-20(29)14-19(27)15-24(25)30/h5,7,15,17-18,20-25,28-30H,6,8-14,16H2,1-4H3/b7-5+/t18?,20-,21+,22?,23-,24-,25?,26+,27+/m0/s1. The van der Waals surface area contributed by atoms with Gasteiger partial charge in [0, 0.05) is 5.41 Å². The fourth-order valence-corrected chi connectivity index (χ4v) is 8.34. The Bertz CT molecular complexity index is 682. The van der Waals surface area contributed by atoms with Crippen molar-refractivity contribution in [3.8, 4) is 0 Å². The van der Waals surface area contributed by atoms with E-state index in [1.165, 1.54) is 19.3 Å². The molecule has 3 unspecified atom stereocenters. The van der Waals surface area contributed by atoms with Crippen molar-refractivity contribution in [2.24, 2.45) is 46.3 Å². The van der Waals surface area contributed by atoms with Gasteiger partial charge in [-0.05, 0) is 92.3 Å². The van der Waals surface area contributed by atoms with Gasteiger partial charge in [-0.15, -0.1) is 0 Å². The molecule has 0 bridgehead atoms. The van der Waals surface area contributed by atoms with E-state index in [2.05, 4.69) is 39.8 Å². The van der Waals surface area contributed by atoms with Gasteiger partial charge in [0.15, 0.2) is 0 Å². The second kappa shape index (κ2) is 8.37. The molecule has 0 amide bonds. The van der Waals surface area contributed by atoms with Crippen LogP contribution in [0.3, 0.4) is 0 Å². The molecule has 30 heavy (non-hydrogen) atoms. The fraction of sp³-hybridized carbons (Fsp3) is 0.852. The molecule has 3 saturated carbocycles. The van der Waals surface area contributed by atoms with Crippen molar-refractivity contribution >= 4 is 0 Å². The lowest BCUT2D eigenvalue weighted by Crippen LogP contribution is -2.56. The molecule has 0 aliphatic heterocycles. The maximum absolute atomic E-state index is 11.3. The molecule has 3 N–H and O–H groups in total. The van der Waals surface area contributed by atoms with E-state index < -0.39 is 6.10 Å². The molecule has 4 aliphatic rings. The van der Waals surface area contributed by atoms with E-state index in [-0.39, 0.29) is 29.5 Å². The molecule has 4 rings (SSSR count). The van der Waals surface area contributed by atoms with Crippen LogP contribution in [-0.4, -0.2) is 34.1 Å². The molecule has 0 heterocycles. The monoisotopic (exact) mass is 416 g/mol. The molecule has 0 aromatic heterocycles. The summed E-state index contributed by atoms with van der Waals surface area (Å²) in [5, 5.41) is 32.1. The van der Waals surface area contributed by atoms with Crippen molar-refractivity contribution in [3.63, 3.8) is 0 Å². The molecule has 0 spiro atoms. The molecule has 0 saturated heterocycles. The highest BCUT2D eigenvalue weighted by Crippen LogP contribution is 2.67. The smallest absolute Gasteiger partial charge is 0.0757 e. The molecular formula is C27H44O3. The Labute approximate surface area is 183 Å². The van der Waals surface area contributed by atoms with Crippen LogP contribution in [0.5, 0.6) is 0 Å². The van der Waals surface area contributed by atoms with E-state index in [0.717, 1.165) is 31.3 Å². The van der Waals surface area contributed by atoms with Crippen LogP contribution < -0.4 is 0 Å².